The molecule has 0 spiro atoms. The van der Waals surface area contributed by atoms with Gasteiger partial charge in [0.1, 0.15) is 16.6 Å². The zero-order chi connectivity index (χ0) is 19.4. The normalized spacial score (nSPS) is 11.2. The van der Waals surface area contributed by atoms with Crippen molar-refractivity contribution in [2.45, 2.75) is 4.21 Å². The van der Waals surface area contributed by atoms with Gasteiger partial charge in [0.25, 0.3) is 10.0 Å². The maximum Gasteiger partial charge on any atom is 0.274 e. The van der Waals surface area contributed by atoms with Crippen molar-refractivity contribution in [3.05, 3.63) is 76.9 Å². The molecule has 1 amide bonds. The lowest BCUT2D eigenvalue weighted by Gasteiger charge is -2.23. The summed E-state index contributed by atoms with van der Waals surface area (Å²) < 4.78 is 40.2. The van der Waals surface area contributed by atoms with Gasteiger partial charge in [0.2, 0.25) is 5.91 Å². The Hall–Kier alpha value is -2.42. The minimum atomic E-state index is -3.97. The van der Waals surface area contributed by atoms with Gasteiger partial charge in [-0.3, -0.25) is 9.10 Å². The number of sulfonamides is 1. The first-order valence-corrected chi connectivity index (χ1v) is 10.4. The van der Waals surface area contributed by atoms with E-state index in [1.165, 1.54) is 18.2 Å². The standard InChI is InChI=1S/C18H14ClFN2O3S2/c19-13-3-7-15(8-4-13)21-17(23)12-22(16-9-5-14(20)6-10-16)27(24,25)18-2-1-11-26-18/h1-11H,12H2,(H,21,23). The second kappa shape index (κ2) is 8.08. The first kappa shape index (κ1) is 19.3. The zero-order valence-corrected chi connectivity index (χ0v) is 16.2. The van der Waals surface area contributed by atoms with Crippen LogP contribution in [0.3, 0.4) is 0 Å². The van der Waals surface area contributed by atoms with Crippen molar-refractivity contribution in [3.63, 3.8) is 0 Å². The molecule has 0 radical (unpaired) electrons. The Morgan fingerprint density at radius 1 is 1.07 bits per heavy atom. The summed E-state index contributed by atoms with van der Waals surface area (Å²) in [6.07, 6.45) is 0. The van der Waals surface area contributed by atoms with Crippen molar-refractivity contribution in [1.82, 2.24) is 0 Å². The molecule has 0 aliphatic heterocycles. The van der Waals surface area contributed by atoms with Crippen LogP contribution in [0.1, 0.15) is 0 Å². The predicted molar refractivity (Wildman–Crippen MR) is 105 cm³/mol. The van der Waals surface area contributed by atoms with Gasteiger partial charge in [-0.15, -0.1) is 11.3 Å². The molecule has 5 nitrogen and oxygen atoms in total. The Balaban J connectivity index is 1.89. The molecule has 9 heteroatoms. The van der Waals surface area contributed by atoms with E-state index in [9.17, 15) is 17.6 Å². The van der Waals surface area contributed by atoms with Crippen molar-refractivity contribution in [3.8, 4) is 0 Å². The van der Waals surface area contributed by atoms with Crippen LogP contribution in [0.25, 0.3) is 0 Å². The summed E-state index contributed by atoms with van der Waals surface area (Å²) in [5, 5.41) is 4.77. The average molecular weight is 425 g/mol. The van der Waals surface area contributed by atoms with Crippen molar-refractivity contribution in [2.75, 3.05) is 16.2 Å². The lowest BCUT2D eigenvalue weighted by molar-refractivity contribution is -0.114. The highest BCUT2D eigenvalue weighted by Gasteiger charge is 2.28. The molecule has 0 saturated heterocycles. The van der Waals surface area contributed by atoms with Crippen LogP contribution in [-0.4, -0.2) is 20.9 Å². The molecule has 0 unspecified atom stereocenters. The van der Waals surface area contributed by atoms with Crippen LogP contribution < -0.4 is 9.62 Å². The fraction of sp³-hybridized carbons (Fsp3) is 0.0556. The number of nitrogens with one attached hydrogen (secondary N) is 1. The largest absolute Gasteiger partial charge is 0.325 e. The molecule has 0 fully saturated rings. The Morgan fingerprint density at radius 2 is 1.74 bits per heavy atom. The van der Waals surface area contributed by atoms with Gasteiger partial charge in [0, 0.05) is 10.7 Å². The van der Waals surface area contributed by atoms with Gasteiger partial charge in [-0.1, -0.05) is 17.7 Å². The molecular formula is C18H14ClFN2O3S2. The summed E-state index contributed by atoms with van der Waals surface area (Å²) in [4.78, 5) is 12.4. The highest BCUT2D eigenvalue weighted by atomic mass is 35.5. The minimum Gasteiger partial charge on any atom is -0.325 e. The predicted octanol–water partition coefficient (Wildman–Crippen LogP) is 4.37. The lowest BCUT2D eigenvalue weighted by atomic mass is 10.3. The maximum absolute atomic E-state index is 13.2. The molecule has 0 aliphatic rings. The van der Waals surface area contributed by atoms with Crippen molar-refractivity contribution in [2.24, 2.45) is 0 Å². The Morgan fingerprint density at radius 3 is 2.33 bits per heavy atom. The third-order valence-electron chi connectivity index (χ3n) is 3.57. The molecule has 140 valence electrons. The average Bonchev–Trinajstić information content (AvgIpc) is 3.18. The number of carbonyl (C=O) groups is 1. The first-order chi connectivity index (χ1) is 12.9. The van der Waals surface area contributed by atoms with Crippen molar-refractivity contribution >= 4 is 50.2 Å². The van der Waals surface area contributed by atoms with Gasteiger partial charge in [0.05, 0.1) is 5.69 Å². The number of amides is 1. The fourth-order valence-corrected chi connectivity index (χ4v) is 4.96. The number of carbonyl (C=O) groups excluding carboxylic acids is 1. The van der Waals surface area contributed by atoms with Gasteiger partial charge >= 0.3 is 0 Å². The molecule has 3 rings (SSSR count). The monoisotopic (exact) mass is 424 g/mol. The molecule has 0 aliphatic carbocycles. The van der Waals surface area contributed by atoms with E-state index in [-0.39, 0.29) is 9.90 Å². The molecule has 1 aromatic heterocycles. The van der Waals surface area contributed by atoms with Crippen LogP contribution in [0.5, 0.6) is 0 Å². The van der Waals surface area contributed by atoms with E-state index < -0.39 is 28.3 Å². The van der Waals surface area contributed by atoms with Crippen LogP contribution in [-0.2, 0) is 14.8 Å². The molecule has 27 heavy (non-hydrogen) atoms. The number of rotatable bonds is 6. The van der Waals surface area contributed by atoms with E-state index in [0.717, 1.165) is 27.8 Å². The molecule has 1 heterocycles. The highest BCUT2D eigenvalue weighted by molar-refractivity contribution is 7.94. The lowest BCUT2D eigenvalue weighted by Crippen LogP contribution is -2.37. The van der Waals surface area contributed by atoms with E-state index in [4.69, 9.17) is 11.6 Å². The molecule has 0 bridgehead atoms. The molecule has 0 saturated carbocycles. The number of hydrogen-bond donors (Lipinski definition) is 1. The van der Waals surface area contributed by atoms with Gasteiger partial charge in [0.15, 0.2) is 0 Å². The number of hydrogen-bond acceptors (Lipinski definition) is 4. The van der Waals surface area contributed by atoms with E-state index in [1.807, 2.05) is 0 Å². The number of halogens is 2. The van der Waals surface area contributed by atoms with Crippen LogP contribution >= 0.6 is 22.9 Å². The number of thiophene rings is 1. The number of anilines is 2. The molecule has 3 aromatic rings. The highest BCUT2D eigenvalue weighted by Crippen LogP contribution is 2.26. The molecule has 2 aromatic carbocycles. The smallest absolute Gasteiger partial charge is 0.274 e. The number of benzene rings is 2. The summed E-state index contributed by atoms with van der Waals surface area (Å²) in [5.41, 5.74) is 0.674. The summed E-state index contributed by atoms with van der Waals surface area (Å²) in [6, 6.07) is 14.4. The molecule has 1 N–H and O–H groups in total. The molecule has 0 atom stereocenters. The van der Waals surface area contributed by atoms with Crippen molar-refractivity contribution in [1.29, 1.82) is 0 Å². The quantitative estimate of drug-likeness (QED) is 0.638. The van der Waals surface area contributed by atoms with E-state index in [2.05, 4.69) is 5.32 Å². The zero-order valence-electron chi connectivity index (χ0n) is 13.8. The Bertz CT molecular complexity index is 1020. The van der Waals surface area contributed by atoms with Gasteiger partial charge in [-0.05, 0) is 60.0 Å². The Kier molecular flexibility index (Phi) is 5.79. The minimum absolute atomic E-state index is 0.0890. The van der Waals surface area contributed by atoms with Crippen molar-refractivity contribution < 1.29 is 17.6 Å². The SMILES string of the molecule is O=C(CN(c1ccc(F)cc1)S(=O)(=O)c1cccs1)Nc1ccc(Cl)cc1. The second-order valence-corrected chi connectivity index (χ2v) is 8.95. The van der Waals surface area contributed by atoms with Gasteiger partial charge < -0.3 is 5.32 Å². The maximum atomic E-state index is 13.2. The fourth-order valence-electron chi connectivity index (χ4n) is 2.31. The van der Waals surface area contributed by atoms with Crippen LogP contribution in [0.4, 0.5) is 15.8 Å². The van der Waals surface area contributed by atoms with E-state index >= 15 is 0 Å². The summed E-state index contributed by atoms with van der Waals surface area (Å²) in [7, 11) is -3.97. The van der Waals surface area contributed by atoms with Crippen LogP contribution in [0.2, 0.25) is 5.02 Å². The summed E-state index contributed by atoms with van der Waals surface area (Å²) >= 11 is 6.85. The van der Waals surface area contributed by atoms with E-state index in [0.29, 0.717) is 10.7 Å². The topological polar surface area (TPSA) is 66.5 Å². The summed E-state index contributed by atoms with van der Waals surface area (Å²) in [6.45, 7) is -0.464. The third-order valence-corrected chi connectivity index (χ3v) is 6.97. The van der Waals surface area contributed by atoms with E-state index in [1.54, 1.807) is 35.7 Å². The molecular weight excluding hydrogens is 411 g/mol. The van der Waals surface area contributed by atoms with Crippen LogP contribution in [0.15, 0.2) is 70.3 Å². The van der Waals surface area contributed by atoms with Gasteiger partial charge in [-0.25, -0.2) is 12.8 Å². The summed E-state index contributed by atoms with van der Waals surface area (Å²) in [5.74, 6) is -1.04. The first-order valence-electron chi connectivity index (χ1n) is 7.73. The number of nitrogens with zero attached hydrogens (tertiary/aromatic N) is 1. The third kappa shape index (κ3) is 4.65. The van der Waals surface area contributed by atoms with Crippen LogP contribution in [0, 0.1) is 5.82 Å². The van der Waals surface area contributed by atoms with Gasteiger partial charge in [-0.2, -0.15) is 0 Å². The second-order valence-electron chi connectivity index (χ2n) is 5.48. The Labute approximate surface area is 165 Å².